The number of ether oxygens (including phenoxy) is 2. The van der Waals surface area contributed by atoms with Crippen molar-refractivity contribution >= 4 is 6.16 Å². The van der Waals surface area contributed by atoms with Crippen LogP contribution < -0.4 is 9.47 Å². The molecule has 0 atom stereocenters. The lowest BCUT2D eigenvalue weighted by atomic mass is 10.1. The van der Waals surface area contributed by atoms with E-state index in [-0.39, 0.29) is 17.2 Å². The minimum atomic E-state index is -1.47. The number of aryl methyl sites for hydroxylation is 1. The van der Waals surface area contributed by atoms with E-state index in [9.17, 15) is 9.90 Å². The predicted octanol–water partition coefficient (Wildman–Crippen LogP) is 2.41. The third kappa shape index (κ3) is 2.56. The maximum absolute atomic E-state index is 10.4. The van der Waals surface area contributed by atoms with E-state index in [0.717, 1.165) is 5.56 Å². The Bertz CT molecular complexity index is 386. The molecule has 0 aromatic heterocycles. The number of benzene rings is 1. The summed E-state index contributed by atoms with van der Waals surface area (Å²) in [6.07, 6.45) is -0.794. The number of hydrogen-bond donors (Lipinski definition) is 2. The van der Waals surface area contributed by atoms with E-state index in [2.05, 4.69) is 4.74 Å². The van der Waals surface area contributed by atoms with Crippen molar-refractivity contribution in [1.29, 1.82) is 0 Å². The van der Waals surface area contributed by atoms with E-state index in [0.29, 0.717) is 13.0 Å². The van der Waals surface area contributed by atoms with Crippen LogP contribution in [0.5, 0.6) is 17.2 Å². The summed E-state index contributed by atoms with van der Waals surface area (Å²) in [6, 6.07) is 3.08. The van der Waals surface area contributed by atoms with Crippen molar-refractivity contribution in [2.75, 3.05) is 6.61 Å². The van der Waals surface area contributed by atoms with Crippen molar-refractivity contribution in [3.63, 3.8) is 0 Å². The lowest BCUT2D eigenvalue weighted by molar-refractivity contribution is 0.142. The first-order valence-electron chi connectivity index (χ1n) is 4.98. The molecular weight excluding hydrogens is 212 g/mol. The monoisotopic (exact) mass is 226 g/mol. The van der Waals surface area contributed by atoms with Gasteiger partial charge in [0.15, 0.2) is 11.5 Å². The highest BCUT2D eigenvalue weighted by atomic mass is 16.7. The van der Waals surface area contributed by atoms with Crippen molar-refractivity contribution in [1.82, 2.24) is 0 Å². The van der Waals surface area contributed by atoms with Gasteiger partial charge in [-0.1, -0.05) is 13.0 Å². The third-order valence-corrected chi connectivity index (χ3v) is 2.04. The number of phenols is 1. The van der Waals surface area contributed by atoms with Crippen LogP contribution in [0.25, 0.3) is 0 Å². The van der Waals surface area contributed by atoms with E-state index in [4.69, 9.17) is 9.84 Å². The summed E-state index contributed by atoms with van der Waals surface area (Å²) in [5.41, 5.74) is 0.803. The summed E-state index contributed by atoms with van der Waals surface area (Å²) in [5, 5.41) is 18.2. The Morgan fingerprint density at radius 3 is 2.56 bits per heavy atom. The molecule has 2 N–H and O–H groups in total. The molecule has 0 saturated heterocycles. The van der Waals surface area contributed by atoms with Crippen LogP contribution in [0.3, 0.4) is 0 Å². The number of rotatable bonds is 4. The van der Waals surface area contributed by atoms with Crippen LogP contribution in [0.4, 0.5) is 4.79 Å². The molecule has 0 aliphatic carbocycles. The minimum absolute atomic E-state index is 0.117. The first-order valence-corrected chi connectivity index (χ1v) is 4.98. The molecule has 0 heterocycles. The van der Waals surface area contributed by atoms with Crippen LogP contribution in [0.1, 0.15) is 19.4 Å². The lowest BCUT2D eigenvalue weighted by Crippen LogP contribution is -2.04. The molecule has 88 valence electrons. The molecule has 0 aliphatic rings. The molecule has 0 unspecified atom stereocenters. The van der Waals surface area contributed by atoms with Crippen LogP contribution in [-0.2, 0) is 6.42 Å². The van der Waals surface area contributed by atoms with Crippen LogP contribution in [0, 0.1) is 0 Å². The third-order valence-electron chi connectivity index (χ3n) is 2.04. The average Bonchev–Trinajstić information content (AvgIpc) is 2.24. The van der Waals surface area contributed by atoms with Gasteiger partial charge in [-0.3, -0.25) is 0 Å². The summed E-state index contributed by atoms with van der Waals surface area (Å²) in [7, 11) is 0. The van der Waals surface area contributed by atoms with Gasteiger partial charge in [-0.2, -0.15) is 0 Å². The van der Waals surface area contributed by atoms with Gasteiger partial charge in [0.2, 0.25) is 5.75 Å². The molecule has 0 amide bonds. The maximum Gasteiger partial charge on any atom is 0.511 e. The molecule has 5 nitrogen and oxygen atoms in total. The van der Waals surface area contributed by atoms with Gasteiger partial charge >= 0.3 is 6.16 Å². The van der Waals surface area contributed by atoms with Gasteiger partial charge < -0.3 is 19.7 Å². The van der Waals surface area contributed by atoms with Crippen molar-refractivity contribution in [2.24, 2.45) is 0 Å². The second kappa shape index (κ2) is 5.25. The molecular formula is C11H14O5. The summed E-state index contributed by atoms with van der Waals surface area (Å²) in [5.74, 6) is -0.111. The van der Waals surface area contributed by atoms with Gasteiger partial charge in [-0.05, 0) is 25.0 Å². The Balaban J connectivity index is 3.14. The standard InChI is InChI=1S/C11H14O5/c1-3-7-5-6-8(16-11(13)14)9(12)10(7)15-4-2/h5-6,12H,3-4H2,1-2H3,(H,13,14). The van der Waals surface area contributed by atoms with Gasteiger partial charge in [0.1, 0.15) is 0 Å². The second-order valence-electron chi connectivity index (χ2n) is 3.06. The van der Waals surface area contributed by atoms with Gasteiger partial charge in [0, 0.05) is 0 Å². The lowest BCUT2D eigenvalue weighted by Gasteiger charge is -2.12. The van der Waals surface area contributed by atoms with Crippen LogP contribution in [0.15, 0.2) is 12.1 Å². The quantitative estimate of drug-likeness (QED) is 0.609. The highest BCUT2D eigenvalue weighted by Crippen LogP contribution is 2.39. The smallest absolute Gasteiger partial charge is 0.502 e. The number of aromatic hydroxyl groups is 1. The highest BCUT2D eigenvalue weighted by molar-refractivity contribution is 5.65. The van der Waals surface area contributed by atoms with Gasteiger partial charge in [-0.25, -0.2) is 4.79 Å². The molecule has 0 aliphatic heterocycles. The summed E-state index contributed by atoms with van der Waals surface area (Å²) in [6.45, 7) is 4.08. The SMILES string of the molecule is CCOc1c(CC)ccc(OC(=O)O)c1O. The zero-order valence-corrected chi connectivity index (χ0v) is 9.19. The summed E-state index contributed by atoms with van der Waals surface area (Å²) >= 11 is 0. The van der Waals surface area contributed by atoms with E-state index in [1.807, 2.05) is 6.92 Å². The van der Waals surface area contributed by atoms with Gasteiger partial charge in [-0.15, -0.1) is 0 Å². The zero-order chi connectivity index (χ0) is 12.1. The van der Waals surface area contributed by atoms with E-state index >= 15 is 0 Å². The molecule has 0 fully saturated rings. The Hall–Kier alpha value is -1.91. The second-order valence-corrected chi connectivity index (χ2v) is 3.06. The number of carboxylic acid groups (broad SMARTS) is 1. The minimum Gasteiger partial charge on any atom is -0.502 e. The molecule has 1 aromatic carbocycles. The molecule has 5 heteroatoms. The Kier molecular flexibility index (Phi) is 3.99. The molecule has 0 radical (unpaired) electrons. The Morgan fingerprint density at radius 2 is 2.06 bits per heavy atom. The highest BCUT2D eigenvalue weighted by Gasteiger charge is 2.15. The number of phenolic OH excluding ortho intramolecular Hbond substituents is 1. The van der Waals surface area contributed by atoms with E-state index in [1.165, 1.54) is 6.07 Å². The average molecular weight is 226 g/mol. The fourth-order valence-corrected chi connectivity index (χ4v) is 1.36. The topological polar surface area (TPSA) is 76.0 Å². The molecule has 1 aromatic rings. The number of hydrogen-bond acceptors (Lipinski definition) is 4. The van der Waals surface area contributed by atoms with Gasteiger partial charge in [0.25, 0.3) is 0 Å². The van der Waals surface area contributed by atoms with Crippen LogP contribution in [-0.4, -0.2) is 23.0 Å². The first-order chi connectivity index (χ1) is 7.60. The van der Waals surface area contributed by atoms with Crippen LogP contribution >= 0.6 is 0 Å². The Labute approximate surface area is 93.2 Å². The molecule has 1 rings (SSSR count). The Morgan fingerprint density at radius 1 is 1.38 bits per heavy atom. The number of carbonyl (C=O) groups is 1. The predicted molar refractivity (Wildman–Crippen MR) is 57.3 cm³/mol. The molecule has 0 bridgehead atoms. The summed E-state index contributed by atoms with van der Waals surface area (Å²) < 4.78 is 9.68. The molecule has 0 spiro atoms. The normalized spacial score (nSPS) is 9.88. The zero-order valence-electron chi connectivity index (χ0n) is 9.19. The van der Waals surface area contributed by atoms with Crippen LogP contribution in [0.2, 0.25) is 0 Å². The van der Waals surface area contributed by atoms with E-state index in [1.54, 1.807) is 13.0 Å². The maximum atomic E-state index is 10.4. The first kappa shape index (κ1) is 12.2. The fraction of sp³-hybridized carbons (Fsp3) is 0.364. The van der Waals surface area contributed by atoms with Crippen molar-refractivity contribution < 1.29 is 24.5 Å². The largest absolute Gasteiger partial charge is 0.511 e. The van der Waals surface area contributed by atoms with Crippen molar-refractivity contribution in [3.8, 4) is 17.2 Å². The fourth-order valence-electron chi connectivity index (χ4n) is 1.36. The van der Waals surface area contributed by atoms with Crippen molar-refractivity contribution in [3.05, 3.63) is 17.7 Å². The van der Waals surface area contributed by atoms with E-state index < -0.39 is 6.16 Å². The molecule has 0 saturated carbocycles. The summed E-state index contributed by atoms with van der Waals surface area (Å²) in [4.78, 5) is 10.4. The van der Waals surface area contributed by atoms with Gasteiger partial charge in [0.05, 0.1) is 6.61 Å². The van der Waals surface area contributed by atoms with Crippen molar-refractivity contribution in [2.45, 2.75) is 20.3 Å². The molecule has 16 heavy (non-hydrogen) atoms.